The Hall–Kier alpha value is -2.34. The zero-order valence-corrected chi connectivity index (χ0v) is 10.7. The quantitative estimate of drug-likeness (QED) is 0.895. The van der Waals surface area contributed by atoms with Crippen LogP contribution in [0.25, 0.3) is 0 Å². The molecule has 2 rings (SSSR count). The fourth-order valence-electron chi connectivity index (χ4n) is 1.38. The predicted molar refractivity (Wildman–Crippen MR) is 70.3 cm³/mol. The van der Waals surface area contributed by atoms with E-state index in [2.05, 4.69) is 15.5 Å². The van der Waals surface area contributed by atoms with E-state index in [1.165, 1.54) is 12.1 Å². The van der Waals surface area contributed by atoms with Gasteiger partial charge in [-0.15, -0.1) is 10.2 Å². The SMILES string of the molecule is COc1ccc(Cl)c(Nc2ccc(C(=O)O)nn2)c1. The van der Waals surface area contributed by atoms with Gasteiger partial charge in [-0.25, -0.2) is 4.79 Å². The number of nitrogens with zero attached hydrogens (tertiary/aromatic N) is 2. The fraction of sp³-hybridized carbons (Fsp3) is 0.0833. The molecular formula is C12H10ClN3O3. The molecule has 0 aliphatic rings. The second-order valence-electron chi connectivity index (χ2n) is 3.58. The van der Waals surface area contributed by atoms with Crippen molar-refractivity contribution in [1.29, 1.82) is 0 Å². The minimum absolute atomic E-state index is 0.123. The molecule has 2 aromatic rings. The molecule has 6 nitrogen and oxygen atoms in total. The van der Waals surface area contributed by atoms with Gasteiger partial charge in [0.15, 0.2) is 11.5 Å². The summed E-state index contributed by atoms with van der Waals surface area (Å²) in [7, 11) is 1.55. The van der Waals surface area contributed by atoms with Crippen molar-refractivity contribution in [2.45, 2.75) is 0 Å². The summed E-state index contributed by atoms with van der Waals surface area (Å²) in [6.45, 7) is 0. The number of methoxy groups -OCH3 is 1. The molecule has 2 N–H and O–H groups in total. The molecule has 0 radical (unpaired) electrons. The molecule has 0 amide bonds. The number of carbonyl (C=O) groups is 1. The number of nitrogens with one attached hydrogen (secondary N) is 1. The van der Waals surface area contributed by atoms with E-state index in [1.54, 1.807) is 25.3 Å². The minimum atomic E-state index is -1.13. The molecule has 0 saturated carbocycles. The Labute approximate surface area is 114 Å². The Morgan fingerprint density at radius 3 is 2.68 bits per heavy atom. The lowest BCUT2D eigenvalue weighted by molar-refractivity contribution is 0.0689. The number of anilines is 2. The Balaban J connectivity index is 2.23. The van der Waals surface area contributed by atoms with Crippen LogP contribution in [0.1, 0.15) is 10.5 Å². The van der Waals surface area contributed by atoms with Crippen molar-refractivity contribution in [1.82, 2.24) is 10.2 Å². The lowest BCUT2D eigenvalue weighted by Gasteiger charge is -2.08. The van der Waals surface area contributed by atoms with Crippen LogP contribution in [-0.2, 0) is 0 Å². The summed E-state index contributed by atoms with van der Waals surface area (Å²) in [6, 6.07) is 7.97. The van der Waals surface area contributed by atoms with E-state index in [0.29, 0.717) is 22.3 Å². The summed E-state index contributed by atoms with van der Waals surface area (Å²) >= 11 is 6.02. The van der Waals surface area contributed by atoms with Crippen molar-refractivity contribution in [3.63, 3.8) is 0 Å². The topological polar surface area (TPSA) is 84.3 Å². The normalized spacial score (nSPS) is 10.0. The molecular weight excluding hydrogens is 270 g/mol. The summed E-state index contributed by atoms with van der Waals surface area (Å²) in [5.74, 6) is -0.0966. The largest absolute Gasteiger partial charge is 0.497 e. The molecule has 7 heteroatoms. The number of carboxylic acids is 1. The lowest BCUT2D eigenvalue weighted by Crippen LogP contribution is -2.03. The van der Waals surface area contributed by atoms with Crippen LogP contribution in [0.5, 0.6) is 5.75 Å². The number of benzene rings is 1. The summed E-state index contributed by atoms with van der Waals surface area (Å²) in [5.41, 5.74) is 0.473. The highest BCUT2D eigenvalue weighted by molar-refractivity contribution is 6.33. The van der Waals surface area contributed by atoms with E-state index in [-0.39, 0.29) is 5.69 Å². The van der Waals surface area contributed by atoms with Crippen molar-refractivity contribution in [2.75, 3.05) is 12.4 Å². The molecule has 0 unspecified atom stereocenters. The molecule has 98 valence electrons. The summed E-state index contributed by atoms with van der Waals surface area (Å²) in [5, 5.41) is 19.5. The van der Waals surface area contributed by atoms with Crippen LogP contribution >= 0.6 is 11.6 Å². The maximum absolute atomic E-state index is 10.6. The van der Waals surface area contributed by atoms with Gasteiger partial charge in [-0.05, 0) is 24.3 Å². The molecule has 0 atom stereocenters. The maximum atomic E-state index is 10.6. The summed E-state index contributed by atoms with van der Waals surface area (Å²) < 4.78 is 5.09. The van der Waals surface area contributed by atoms with E-state index in [4.69, 9.17) is 21.4 Å². The van der Waals surface area contributed by atoms with Crippen molar-refractivity contribution >= 4 is 29.1 Å². The average molecular weight is 280 g/mol. The van der Waals surface area contributed by atoms with Crippen LogP contribution in [0.2, 0.25) is 5.02 Å². The highest BCUT2D eigenvalue weighted by Gasteiger charge is 2.07. The molecule has 1 aromatic heterocycles. The van der Waals surface area contributed by atoms with Crippen molar-refractivity contribution < 1.29 is 14.6 Å². The van der Waals surface area contributed by atoms with Crippen molar-refractivity contribution in [3.8, 4) is 5.75 Å². The number of aromatic nitrogens is 2. The molecule has 0 spiro atoms. The highest BCUT2D eigenvalue weighted by Crippen LogP contribution is 2.28. The first kappa shape index (κ1) is 13.1. The predicted octanol–water partition coefficient (Wildman–Crippen LogP) is 2.58. The third-order valence-electron chi connectivity index (χ3n) is 2.32. The van der Waals surface area contributed by atoms with Crippen LogP contribution < -0.4 is 10.1 Å². The second-order valence-corrected chi connectivity index (χ2v) is 3.99. The smallest absolute Gasteiger partial charge is 0.356 e. The Morgan fingerprint density at radius 2 is 2.11 bits per heavy atom. The van der Waals surface area contributed by atoms with Gasteiger partial charge >= 0.3 is 5.97 Å². The van der Waals surface area contributed by atoms with Crippen LogP contribution in [0, 0.1) is 0 Å². The zero-order valence-electron chi connectivity index (χ0n) is 9.92. The number of hydrogen-bond acceptors (Lipinski definition) is 5. The Kier molecular flexibility index (Phi) is 3.82. The summed E-state index contributed by atoms with van der Waals surface area (Å²) in [6.07, 6.45) is 0. The summed E-state index contributed by atoms with van der Waals surface area (Å²) in [4.78, 5) is 10.6. The molecule has 0 fully saturated rings. The molecule has 0 saturated heterocycles. The number of aromatic carboxylic acids is 1. The van der Waals surface area contributed by atoms with Crippen LogP contribution in [0.3, 0.4) is 0 Å². The number of ether oxygens (including phenoxy) is 1. The number of carboxylic acid groups (broad SMARTS) is 1. The lowest BCUT2D eigenvalue weighted by atomic mass is 10.3. The number of halogens is 1. The first-order valence-electron chi connectivity index (χ1n) is 5.28. The zero-order chi connectivity index (χ0) is 13.8. The molecule has 19 heavy (non-hydrogen) atoms. The fourth-order valence-corrected chi connectivity index (χ4v) is 1.54. The van der Waals surface area contributed by atoms with Gasteiger partial charge in [-0.3, -0.25) is 0 Å². The van der Waals surface area contributed by atoms with E-state index < -0.39 is 5.97 Å². The molecule has 1 aromatic carbocycles. The number of hydrogen-bond donors (Lipinski definition) is 2. The van der Waals surface area contributed by atoms with Gasteiger partial charge in [0.05, 0.1) is 17.8 Å². The molecule has 0 aliphatic carbocycles. The first-order valence-corrected chi connectivity index (χ1v) is 5.65. The van der Waals surface area contributed by atoms with Crippen molar-refractivity contribution in [3.05, 3.63) is 41.0 Å². The first-order chi connectivity index (χ1) is 9.10. The Bertz CT molecular complexity index is 602. The van der Waals surface area contributed by atoms with Gasteiger partial charge in [0.25, 0.3) is 0 Å². The monoisotopic (exact) mass is 279 g/mol. The third-order valence-corrected chi connectivity index (χ3v) is 2.65. The van der Waals surface area contributed by atoms with E-state index >= 15 is 0 Å². The van der Waals surface area contributed by atoms with E-state index in [0.717, 1.165) is 0 Å². The van der Waals surface area contributed by atoms with Crippen LogP contribution in [-0.4, -0.2) is 28.4 Å². The van der Waals surface area contributed by atoms with Gasteiger partial charge < -0.3 is 15.2 Å². The van der Waals surface area contributed by atoms with E-state index in [9.17, 15) is 4.79 Å². The van der Waals surface area contributed by atoms with E-state index in [1.807, 2.05) is 0 Å². The second kappa shape index (κ2) is 5.53. The number of rotatable bonds is 4. The maximum Gasteiger partial charge on any atom is 0.356 e. The average Bonchev–Trinajstić information content (AvgIpc) is 2.42. The molecule has 0 aliphatic heterocycles. The van der Waals surface area contributed by atoms with Gasteiger partial charge in [0, 0.05) is 6.07 Å². The standard InChI is InChI=1S/C12H10ClN3O3/c1-19-7-2-3-8(13)10(6-7)14-11-5-4-9(12(17)18)15-16-11/h2-6H,1H3,(H,14,16)(H,17,18). The van der Waals surface area contributed by atoms with Crippen LogP contribution in [0.15, 0.2) is 30.3 Å². The van der Waals surface area contributed by atoms with Crippen LogP contribution in [0.4, 0.5) is 11.5 Å². The van der Waals surface area contributed by atoms with Gasteiger partial charge in [-0.2, -0.15) is 0 Å². The van der Waals surface area contributed by atoms with Gasteiger partial charge in [0.2, 0.25) is 0 Å². The molecule has 0 bridgehead atoms. The van der Waals surface area contributed by atoms with Gasteiger partial charge in [-0.1, -0.05) is 11.6 Å². The Morgan fingerprint density at radius 1 is 1.32 bits per heavy atom. The minimum Gasteiger partial charge on any atom is -0.497 e. The highest BCUT2D eigenvalue weighted by atomic mass is 35.5. The third kappa shape index (κ3) is 3.11. The van der Waals surface area contributed by atoms with Gasteiger partial charge in [0.1, 0.15) is 5.75 Å². The van der Waals surface area contributed by atoms with Crippen molar-refractivity contribution in [2.24, 2.45) is 0 Å². The molecule has 1 heterocycles.